The molecule has 0 bridgehead atoms. The summed E-state index contributed by atoms with van der Waals surface area (Å²) in [7, 11) is 0. The van der Waals surface area contributed by atoms with Gasteiger partial charge >= 0.3 is 11.9 Å². The summed E-state index contributed by atoms with van der Waals surface area (Å²) in [5, 5.41) is 0. The molecule has 0 atom stereocenters. The quantitative estimate of drug-likeness (QED) is 0.297. The van der Waals surface area contributed by atoms with Crippen LogP contribution in [0.4, 0.5) is 0 Å². The molecule has 0 aliphatic carbocycles. The van der Waals surface area contributed by atoms with E-state index in [1.54, 1.807) is 6.08 Å². The molecule has 0 aromatic rings. The zero-order valence-electron chi connectivity index (χ0n) is 10.7. The maximum atomic E-state index is 10.7. The zero-order valence-corrected chi connectivity index (χ0v) is 10.7. The van der Waals surface area contributed by atoms with Crippen LogP contribution in [-0.2, 0) is 19.1 Å². The summed E-state index contributed by atoms with van der Waals surface area (Å²) in [6, 6.07) is 0. The van der Waals surface area contributed by atoms with Gasteiger partial charge in [0.1, 0.15) is 0 Å². The molecule has 0 saturated heterocycles. The van der Waals surface area contributed by atoms with Gasteiger partial charge in [0.15, 0.2) is 0 Å². The Bertz CT molecular complexity index is 303. The summed E-state index contributed by atoms with van der Waals surface area (Å²) in [5.41, 5.74) is 0.829. The van der Waals surface area contributed by atoms with E-state index < -0.39 is 0 Å². The highest BCUT2D eigenvalue weighted by molar-refractivity contribution is 5.67. The molecule has 4 heteroatoms. The standard InChI is InChI=1S/C13H20O4/c1-4-5-6-7-13(10-17-12(3)15)8-9-16-11(2)14/h8-10H,4-7H2,1-3H3/b9-8+,13-10-. The molecule has 96 valence electrons. The lowest BCUT2D eigenvalue weighted by Gasteiger charge is -2.02. The van der Waals surface area contributed by atoms with Gasteiger partial charge in [0.2, 0.25) is 0 Å². The summed E-state index contributed by atoms with van der Waals surface area (Å²) in [4.78, 5) is 21.3. The highest BCUT2D eigenvalue weighted by Crippen LogP contribution is 2.11. The van der Waals surface area contributed by atoms with Crippen molar-refractivity contribution in [3.63, 3.8) is 0 Å². The first-order valence-corrected chi connectivity index (χ1v) is 5.76. The van der Waals surface area contributed by atoms with Gasteiger partial charge in [0.05, 0.1) is 12.5 Å². The van der Waals surface area contributed by atoms with E-state index in [1.807, 2.05) is 0 Å². The Hall–Kier alpha value is -1.58. The van der Waals surface area contributed by atoms with Gasteiger partial charge in [-0.3, -0.25) is 9.59 Å². The molecule has 17 heavy (non-hydrogen) atoms. The number of rotatable bonds is 7. The number of carbonyl (C=O) groups excluding carboxylic acids is 2. The Morgan fingerprint density at radius 1 is 1.06 bits per heavy atom. The summed E-state index contributed by atoms with van der Waals surface area (Å²) in [6.45, 7) is 4.79. The van der Waals surface area contributed by atoms with Gasteiger partial charge in [-0.25, -0.2) is 0 Å². The van der Waals surface area contributed by atoms with Crippen molar-refractivity contribution in [3.05, 3.63) is 24.2 Å². The number of hydrogen-bond acceptors (Lipinski definition) is 4. The smallest absolute Gasteiger partial charge is 0.307 e. The molecule has 0 spiro atoms. The number of esters is 2. The van der Waals surface area contributed by atoms with Crippen LogP contribution in [0.15, 0.2) is 24.2 Å². The molecule has 0 aromatic heterocycles. The van der Waals surface area contributed by atoms with Gasteiger partial charge in [-0.15, -0.1) is 0 Å². The van der Waals surface area contributed by atoms with E-state index in [2.05, 4.69) is 11.7 Å². The molecular weight excluding hydrogens is 220 g/mol. The Morgan fingerprint density at radius 3 is 2.24 bits per heavy atom. The molecule has 0 fully saturated rings. The molecule has 0 heterocycles. The number of allylic oxidation sites excluding steroid dienone is 2. The minimum atomic E-state index is -0.373. The highest BCUT2D eigenvalue weighted by Gasteiger charge is 1.97. The van der Waals surface area contributed by atoms with E-state index in [-0.39, 0.29) is 11.9 Å². The van der Waals surface area contributed by atoms with E-state index in [0.29, 0.717) is 0 Å². The SMILES string of the molecule is CCCCCC(=C/OC(C)=O)/C=C/OC(C)=O. The van der Waals surface area contributed by atoms with Crippen molar-refractivity contribution in [1.29, 1.82) is 0 Å². The van der Waals surface area contributed by atoms with Gasteiger partial charge in [-0.1, -0.05) is 19.8 Å². The Labute approximate surface area is 102 Å². The average Bonchev–Trinajstić information content (AvgIpc) is 2.24. The van der Waals surface area contributed by atoms with Crippen molar-refractivity contribution in [2.24, 2.45) is 0 Å². The van der Waals surface area contributed by atoms with Crippen molar-refractivity contribution in [2.75, 3.05) is 0 Å². The fourth-order valence-corrected chi connectivity index (χ4v) is 1.14. The highest BCUT2D eigenvalue weighted by atomic mass is 16.5. The van der Waals surface area contributed by atoms with Crippen LogP contribution in [0.2, 0.25) is 0 Å². The van der Waals surface area contributed by atoms with Crippen LogP contribution in [0, 0.1) is 0 Å². The maximum absolute atomic E-state index is 10.7. The first-order valence-electron chi connectivity index (χ1n) is 5.76. The number of carbonyl (C=O) groups is 2. The van der Waals surface area contributed by atoms with E-state index in [1.165, 1.54) is 26.4 Å². The van der Waals surface area contributed by atoms with Crippen LogP contribution in [0.25, 0.3) is 0 Å². The molecule has 4 nitrogen and oxygen atoms in total. The number of unbranched alkanes of at least 4 members (excludes halogenated alkanes) is 2. The largest absolute Gasteiger partial charge is 0.435 e. The van der Waals surface area contributed by atoms with E-state index >= 15 is 0 Å². The van der Waals surface area contributed by atoms with Crippen molar-refractivity contribution < 1.29 is 19.1 Å². The first kappa shape index (κ1) is 15.4. The van der Waals surface area contributed by atoms with Gasteiger partial charge < -0.3 is 9.47 Å². The molecule has 0 aromatic carbocycles. The second-order valence-corrected chi connectivity index (χ2v) is 3.67. The molecule has 0 unspecified atom stereocenters. The summed E-state index contributed by atoms with van der Waals surface area (Å²) in [5.74, 6) is -0.736. The lowest BCUT2D eigenvalue weighted by atomic mass is 10.1. The van der Waals surface area contributed by atoms with E-state index in [4.69, 9.17) is 4.74 Å². The molecule has 0 aliphatic rings. The second-order valence-electron chi connectivity index (χ2n) is 3.67. The van der Waals surface area contributed by atoms with Crippen LogP contribution in [-0.4, -0.2) is 11.9 Å². The predicted molar refractivity (Wildman–Crippen MR) is 64.9 cm³/mol. The molecule has 0 N–H and O–H groups in total. The van der Waals surface area contributed by atoms with Crippen LogP contribution in [0.3, 0.4) is 0 Å². The fraction of sp³-hybridized carbons (Fsp3) is 0.538. The lowest BCUT2D eigenvalue weighted by molar-refractivity contribution is -0.136. The van der Waals surface area contributed by atoms with Crippen molar-refractivity contribution in [3.8, 4) is 0 Å². The summed E-state index contributed by atoms with van der Waals surface area (Å²) >= 11 is 0. The maximum Gasteiger partial charge on any atom is 0.307 e. The zero-order chi connectivity index (χ0) is 13.1. The normalized spacial score (nSPS) is 11.6. The molecular formula is C13H20O4. The number of ether oxygens (including phenoxy) is 2. The average molecular weight is 240 g/mol. The van der Waals surface area contributed by atoms with Crippen LogP contribution < -0.4 is 0 Å². The third kappa shape index (κ3) is 10.7. The monoisotopic (exact) mass is 240 g/mol. The van der Waals surface area contributed by atoms with Gasteiger partial charge in [0.25, 0.3) is 0 Å². The first-order chi connectivity index (χ1) is 8.06. The predicted octanol–water partition coefficient (Wildman–Crippen LogP) is 3.09. The number of hydrogen-bond donors (Lipinski definition) is 0. The third-order valence-electron chi connectivity index (χ3n) is 1.96. The fourth-order valence-electron chi connectivity index (χ4n) is 1.14. The van der Waals surface area contributed by atoms with Crippen molar-refractivity contribution >= 4 is 11.9 Å². The van der Waals surface area contributed by atoms with Crippen LogP contribution >= 0.6 is 0 Å². The Morgan fingerprint density at radius 2 is 1.71 bits per heavy atom. The van der Waals surface area contributed by atoms with E-state index in [0.717, 1.165) is 31.3 Å². The molecule has 0 aliphatic heterocycles. The van der Waals surface area contributed by atoms with Gasteiger partial charge in [0, 0.05) is 13.8 Å². The minimum absolute atomic E-state index is 0.362. The summed E-state index contributed by atoms with van der Waals surface area (Å²) < 4.78 is 9.48. The minimum Gasteiger partial charge on any atom is -0.435 e. The molecule has 0 amide bonds. The summed E-state index contributed by atoms with van der Waals surface area (Å²) in [6.07, 6.45) is 8.38. The molecule has 0 saturated carbocycles. The Balaban J connectivity index is 4.28. The molecule has 0 rings (SSSR count). The van der Waals surface area contributed by atoms with Crippen molar-refractivity contribution in [1.82, 2.24) is 0 Å². The topological polar surface area (TPSA) is 52.6 Å². The second kappa shape index (κ2) is 9.63. The van der Waals surface area contributed by atoms with Gasteiger partial charge in [-0.05, 0) is 24.5 Å². The van der Waals surface area contributed by atoms with Crippen molar-refractivity contribution in [2.45, 2.75) is 46.5 Å². The lowest BCUT2D eigenvalue weighted by Crippen LogP contribution is -1.93. The van der Waals surface area contributed by atoms with E-state index in [9.17, 15) is 9.59 Å². The van der Waals surface area contributed by atoms with Gasteiger partial charge in [-0.2, -0.15) is 0 Å². The third-order valence-corrected chi connectivity index (χ3v) is 1.96. The molecule has 0 radical (unpaired) electrons. The van der Waals surface area contributed by atoms with Crippen LogP contribution in [0.1, 0.15) is 46.5 Å². The van der Waals surface area contributed by atoms with Crippen LogP contribution in [0.5, 0.6) is 0 Å². The Kier molecular flexibility index (Phi) is 8.74.